The lowest BCUT2D eigenvalue weighted by molar-refractivity contribution is 0.297. The summed E-state index contributed by atoms with van der Waals surface area (Å²) in [7, 11) is 0. The summed E-state index contributed by atoms with van der Waals surface area (Å²) in [6.45, 7) is 3.37. The molecule has 1 N–H and O–H groups in total. The van der Waals surface area contributed by atoms with Crippen LogP contribution in [0, 0.1) is 0 Å². The Labute approximate surface area is 155 Å². The number of nitrogens with one attached hydrogen (secondary N) is 1. The molecule has 2 heterocycles. The van der Waals surface area contributed by atoms with Gasteiger partial charge in [0.15, 0.2) is 0 Å². The summed E-state index contributed by atoms with van der Waals surface area (Å²) in [5.74, 6) is 0. The van der Waals surface area contributed by atoms with Crippen LogP contribution < -0.4 is 0 Å². The van der Waals surface area contributed by atoms with Crippen molar-refractivity contribution < 1.29 is 0 Å². The largest absolute Gasteiger partial charge is 0.299 e. The lowest BCUT2D eigenvalue weighted by Crippen LogP contribution is -2.29. The van der Waals surface area contributed by atoms with Crippen LogP contribution in [0.3, 0.4) is 0 Å². The third kappa shape index (κ3) is 3.99. The van der Waals surface area contributed by atoms with Crippen LogP contribution in [-0.4, -0.2) is 34.7 Å². The molecule has 0 radical (unpaired) electrons. The topological polar surface area (TPSA) is 31.9 Å². The molecular weight excluding hydrogens is 330 g/mol. The normalized spacial score (nSPS) is 18.0. The van der Waals surface area contributed by atoms with Gasteiger partial charge >= 0.3 is 0 Å². The summed E-state index contributed by atoms with van der Waals surface area (Å²) >= 11 is 5.98. The van der Waals surface area contributed by atoms with E-state index in [4.69, 9.17) is 11.6 Å². The van der Waals surface area contributed by atoms with Crippen LogP contribution >= 0.6 is 11.6 Å². The molecule has 0 fully saturated rings. The van der Waals surface area contributed by atoms with Gasteiger partial charge in [-0.3, -0.25) is 10.00 Å². The molecule has 0 unspecified atom stereocenters. The predicted octanol–water partition coefficient (Wildman–Crippen LogP) is 4.66. The zero-order valence-corrected chi connectivity index (χ0v) is 15.5. The Morgan fingerprint density at radius 3 is 2.72 bits per heavy atom. The van der Waals surface area contributed by atoms with Crippen LogP contribution in [0.2, 0.25) is 5.02 Å². The molecule has 4 rings (SSSR count). The zero-order valence-electron chi connectivity index (χ0n) is 14.7. The Bertz CT molecular complexity index is 745. The number of hydrogen-bond donors (Lipinski definition) is 1. The van der Waals surface area contributed by atoms with Gasteiger partial charge in [0.05, 0.1) is 5.69 Å². The van der Waals surface area contributed by atoms with Crippen LogP contribution in [-0.2, 0) is 19.3 Å². The minimum absolute atomic E-state index is 0.808. The van der Waals surface area contributed by atoms with E-state index in [0.717, 1.165) is 43.9 Å². The molecule has 1 aromatic carbocycles. The SMILES string of the molecule is Clc1ccc(C2=CCN(CCCc3[nH]nc4c3CCCC4)CC2)cc1. The monoisotopic (exact) mass is 355 g/mol. The van der Waals surface area contributed by atoms with Gasteiger partial charge < -0.3 is 0 Å². The van der Waals surface area contributed by atoms with Gasteiger partial charge in [-0.05, 0) is 80.3 Å². The fourth-order valence-electron chi connectivity index (χ4n) is 4.07. The number of aromatic nitrogens is 2. The molecule has 2 aliphatic rings. The molecule has 3 nitrogen and oxygen atoms in total. The summed E-state index contributed by atoms with van der Waals surface area (Å²) in [4.78, 5) is 2.56. The van der Waals surface area contributed by atoms with Gasteiger partial charge in [-0.15, -0.1) is 0 Å². The van der Waals surface area contributed by atoms with Crippen LogP contribution in [0.1, 0.15) is 48.2 Å². The van der Waals surface area contributed by atoms with Gasteiger partial charge in [0.1, 0.15) is 0 Å². The van der Waals surface area contributed by atoms with Crippen molar-refractivity contribution in [2.75, 3.05) is 19.6 Å². The van der Waals surface area contributed by atoms with Crippen LogP contribution in [0.4, 0.5) is 0 Å². The molecule has 1 aromatic heterocycles. The molecule has 0 amide bonds. The minimum Gasteiger partial charge on any atom is -0.299 e. The van der Waals surface area contributed by atoms with E-state index < -0.39 is 0 Å². The number of aryl methyl sites for hydroxylation is 2. The third-order valence-electron chi connectivity index (χ3n) is 5.54. The van der Waals surface area contributed by atoms with Crippen LogP contribution in [0.25, 0.3) is 5.57 Å². The summed E-state index contributed by atoms with van der Waals surface area (Å²) < 4.78 is 0. The van der Waals surface area contributed by atoms with Gasteiger partial charge in [-0.1, -0.05) is 29.8 Å². The van der Waals surface area contributed by atoms with E-state index in [1.165, 1.54) is 53.8 Å². The number of nitrogens with zero attached hydrogens (tertiary/aromatic N) is 2. The van der Waals surface area contributed by atoms with E-state index in [1.807, 2.05) is 12.1 Å². The molecule has 0 bridgehead atoms. The molecule has 1 aliphatic carbocycles. The van der Waals surface area contributed by atoms with Gasteiger partial charge in [-0.25, -0.2) is 0 Å². The Balaban J connectivity index is 1.27. The predicted molar refractivity (Wildman–Crippen MR) is 104 cm³/mol. The van der Waals surface area contributed by atoms with Gasteiger partial charge in [0.2, 0.25) is 0 Å². The molecular formula is C21H26ClN3. The molecule has 25 heavy (non-hydrogen) atoms. The first-order chi connectivity index (χ1) is 12.3. The zero-order chi connectivity index (χ0) is 17.1. The lowest BCUT2D eigenvalue weighted by Gasteiger charge is -2.26. The third-order valence-corrected chi connectivity index (χ3v) is 5.79. The van der Waals surface area contributed by atoms with Crippen molar-refractivity contribution in [3.8, 4) is 0 Å². The molecule has 0 saturated heterocycles. The molecule has 2 aromatic rings. The number of rotatable bonds is 5. The maximum atomic E-state index is 5.98. The second kappa shape index (κ2) is 7.76. The molecule has 0 saturated carbocycles. The van der Waals surface area contributed by atoms with E-state index in [1.54, 1.807) is 0 Å². The van der Waals surface area contributed by atoms with Gasteiger partial charge in [-0.2, -0.15) is 5.10 Å². The first-order valence-electron chi connectivity index (χ1n) is 9.52. The number of hydrogen-bond acceptors (Lipinski definition) is 2. The van der Waals surface area contributed by atoms with Gasteiger partial charge in [0.25, 0.3) is 0 Å². The minimum atomic E-state index is 0.808. The maximum absolute atomic E-state index is 5.98. The number of aromatic amines is 1. The van der Waals surface area contributed by atoms with Crippen molar-refractivity contribution >= 4 is 17.2 Å². The number of halogens is 1. The Kier molecular flexibility index (Phi) is 5.23. The van der Waals surface area contributed by atoms with E-state index in [0.29, 0.717) is 0 Å². The van der Waals surface area contributed by atoms with Crippen molar-refractivity contribution in [1.29, 1.82) is 0 Å². The first kappa shape index (κ1) is 16.9. The lowest BCUT2D eigenvalue weighted by atomic mass is 9.94. The van der Waals surface area contributed by atoms with Crippen molar-refractivity contribution in [1.82, 2.24) is 15.1 Å². The smallest absolute Gasteiger partial charge is 0.0656 e. The van der Waals surface area contributed by atoms with Crippen molar-refractivity contribution in [2.24, 2.45) is 0 Å². The molecule has 0 atom stereocenters. The highest BCUT2D eigenvalue weighted by Gasteiger charge is 2.17. The van der Waals surface area contributed by atoms with Crippen LogP contribution in [0.5, 0.6) is 0 Å². The van der Waals surface area contributed by atoms with Gasteiger partial charge in [0, 0.05) is 23.8 Å². The standard InChI is InChI=1S/C21H26ClN3/c22-18-9-7-16(8-10-18)17-11-14-25(15-12-17)13-3-6-21-19-4-1-2-5-20(19)23-24-21/h7-11H,1-6,12-15H2,(H,23,24). The molecule has 4 heteroatoms. The highest BCUT2D eigenvalue weighted by atomic mass is 35.5. The molecule has 1 aliphatic heterocycles. The Morgan fingerprint density at radius 1 is 1.08 bits per heavy atom. The number of fused-ring (bicyclic) bond motifs is 1. The summed E-state index contributed by atoms with van der Waals surface area (Å²) in [5, 5.41) is 8.62. The maximum Gasteiger partial charge on any atom is 0.0656 e. The molecule has 0 spiro atoms. The average Bonchev–Trinajstić information content (AvgIpc) is 3.06. The fraction of sp³-hybridized carbons (Fsp3) is 0.476. The second-order valence-electron chi connectivity index (χ2n) is 7.22. The van der Waals surface area contributed by atoms with Crippen LogP contribution in [0.15, 0.2) is 30.3 Å². The quantitative estimate of drug-likeness (QED) is 0.845. The van der Waals surface area contributed by atoms with Crippen molar-refractivity contribution in [2.45, 2.75) is 44.9 Å². The highest BCUT2D eigenvalue weighted by Crippen LogP contribution is 2.25. The van der Waals surface area contributed by atoms with E-state index >= 15 is 0 Å². The van der Waals surface area contributed by atoms with E-state index in [2.05, 4.69) is 33.3 Å². The number of H-pyrrole nitrogens is 1. The van der Waals surface area contributed by atoms with E-state index in [-0.39, 0.29) is 0 Å². The van der Waals surface area contributed by atoms with Crippen molar-refractivity contribution in [3.63, 3.8) is 0 Å². The Morgan fingerprint density at radius 2 is 1.92 bits per heavy atom. The average molecular weight is 356 g/mol. The summed E-state index contributed by atoms with van der Waals surface area (Å²) in [6.07, 6.45) is 10.9. The summed E-state index contributed by atoms with van der Waals surface area (Å²) in [5.41, 5.74) is 7.01. The highest BCUT2D eigenvalue weighted by molar-refractivity contribution is 6.30. The summed E-state index contributed by atoms with van der Waals surface area (Å²) in [6, 6.07) is 8.22. The molecule has 132 valence electrons. The first-order valence-corrected chi connectivity index (χ1v) is 9.90. The second-order valence-corrected chi connectivity index (χ2v) is 7.66. The Hall–Kier alpha value is -1.58. The van der Waals surface area contributed by atoms with Crippen molar-refractivity contribution in [3.05, 3.63) is 57.9 Å². The number of benzene rings is 1. The fourth-order valence-corrected chi connectivity index (χ4v) is 4.19. The van der Waals surface area contributed by atoms with E-state index in [9.17, 15) is 0 Å².